The first-order chi connectivity index (χ1) is 12.3. The van der Waals surface area contributed by atoms with E-state index in [4.69, 9.17) is 4.74 Å². The molecule has 3 aromatic rings. The van der Waals surface area contributed by atoms with E-state index in [-0.39, 0.29) is 39.9 Å². The van der Waals surface area contributed by atoms with Crippen LogP contribution in [-0.2, 0) is 9.53 Å². The summed E-state index contributed by atoms with van der Waals surface area (Å²) >= 11 is 0. The number of carbonyl (C=O) groups is 1. The molecule has 0 aliphatic carbocycles. The summed E-state index contributed by atoms with van der Waals surface area (Å²) in [5, 5.41) is 0. The molecule has 0 N–H and O–H groups in total. The van der Waals surface area contributed by atoms with Crippen molar-refractivity contribution in [1.29, 1.82) is 0 Å². The quantitative estimate of drug-likeness (QED) is 0.213. The van der Waals surface area contributed by atoms with Gasteiger partial charge in [-0.3, -0.25) is 0 Å². The standard InChI is InChI=1S/C21H20N2O2.2BrH/c1-2-25-21(24)20(23-16-10-5-11-17-23)19(18-12-6-3-7-13-18)22-14-8-4-9-15-22;;/h3-17H,2H2,1H3;2*1H/q+2;;/p-2. The van der Waals surface area contributed by atoms with Crippen LogP contribution in [0.3, 0.4) is 0 Å². The van der Waals surface area contributed by atoms with E-state index in [0.29, 0.717) is 12.3 Å². The average molecular weight is 492 g/mol. The van der Waals surface area contributed by atoms with Crippen LogP contribution in [0, 0.1) is 0 Å². The van der Waals surface area contributed by atoms with Crippen molar-refractivity contribution in [2.75, 3.05) is 6.61 Å². The maximum Gasteiger partial charge on any atom is 0.411 e. The van der Waals surface area contributed by atoms with Crippen molar-refractivity contribution in [3.8, 4) is 0 Å². The molecule has 0 saturated carbocycles. The van der Waals surface area contributed by atoms with Crippen molar-refractivity contribution >= 4 is 17.4 Å². The summed E-state index contributed by atoms with van der Waals surface area (Å²) in [5.74, 6) is -0.367. The Bertz CT molecular complexity index is 829. The number of pyridine rings is 2. The Morgan fingerprint density at radius 3 is 1.78 bits per heavy atom. The highest BCUT2D eigenvalue weighted by molar-refractivity contribution is 6.13. The number of halogens is 2. The summed E-state index contributed by atoms with van der Waals surface area (Å²) in [7, 11) is 0. The molecule has 0 amide bonds. The van der Waals surface area contributed by atoms with Crippen molar-refractivity contribution in [2.45, 2.75) is 6.92 Å². The number of ether oxygens (including phenoxy) is 1. The van der Waals surface area contributed by atoms with E-state index >= 15 is 0 Å². The molecule has 3 rings (SSSR count). The molecule has 2 aromatic heterocycles. The molecule has 4 nitrogen and oxygen atoms in total. The molecule has 2 heterocycles. The molecule has 6 heteroatoms. The molecule has 0 radical (unpaired) electrons. The molecular formula is C21H20Br2N2O2. The molecule has 1 aromatic carbocycles. The van der Waals surface area contributed by atoms with E-state index in [1.54, 1.807) is 4.57 Å². The number of carbonyl (C=O) groups excluding carboxylic acids is 1. The molecular weight excluding hydrogens is 472 g/mol. The molecule has 0 bridgehead atoms. The van der Waals surface area contributed by atoms with Crippen LogP contribution in [0.1, 0.15) is 12.5 Å². The highest BCUT2D eigenvalue weighted by Gasteiger charge is 2.34. The third kappa shape index (κ3) is 5.58. The SMILES string of the molecule is CCOC(=O)C(=C(c1ccccc1)[n+]1ccccc1)[n+]1ccccc1.[Br-].[Br-]. The Labute approximate surface area is 180 Å². The van der Waals surface area contributed by atoms with Gasteiger partial charge in [-0.2, -0.15) is 9.13 Å². The smallest absolute Gasteiger partial charge is 0.411 e. The summed E-state index contributed by atoms with van der Waals surface area (Å²) < 4.78 is 9.08. The van der Waals surface area contributed by atoms with Crippen LogP contribution >= 0.6 is 0 Å². The second kappa shape index (κ2) is 11.4. The number of hydrogen-bond donors (Lipinski definition) is 0. The van der Waals surface area contributed by atoms with Crippen LogP contribution in [0.5, 0.6) is 0 Å². The summed E-state index contributed by atoms with van der Waals surface area (Å²) in [4.78, 5) is 12.8. The maximum atomic E-state index is 12.8. The molecule has 140 valence electrons. The van der Waals surface area contributed by atoms with Crippen molar-refractivity contribution < 1.29 is 52.6 Å². The fourth-order valence-electron chi connectivity index (χ4n) is 2.62. The lowest BCUT2D eigenvalue weighted by molar-refractivity contribution is -0.606. The number of hydrogen-bond acceptors (Lipinski definition) is 2. The van der Waals surface area contributed by atoms with Crippen molar-refractivity contribution in [3.63, 3.8) is 0 Å². The second-order valence-electron chi connectivity index (χ2n) is 5.35. The fraction of sp³-hybridized carbons (Fsp3) is 0.0952. The predicted molar refractivity (Wildman–Crippen MR) is 94.9 cm³/mol. The van der Waals surface area contributed by atoms with Gasteiger partial charge >= 0.3 is 11.7 Å². The Kier molecular flexibility index (Phi) is 9.61. The minimum absolute atomic E-state index is 0. The summed E-state index contributed by atoms with van der Waals surface area (Å²) in [6.45, 7) is 2.13. The first-order valence-corrected chi connectivity index (χ1v) is 8.21. The Morgan fingerprint density at radius 1 is 0.778 bits per heavy atom. The molecule has 0 spiro atoms. The largest absolute Gasteiger partial charge is 1.00 e. The minimum atomic E-state index is -0.367. The van der Waals surface area contributed by atoms with E-state index < -0.39 is 0 Å². The van der Waals surface area contributed by atoms with Gasteiger partial charge in [-0.05, 0) is 19.1 Å². The van der Waals surface area contributed by atoms with Crippen LogP contribution < -0.4 is 43.1 Å². The monoisotopic (exact) mass is 490 g/mol. The molecule has 27 heavy (non-hydrogen) atoms. The first-order valence-electron chi connectivity index (χ1n) is 8.21. The van der Waals surface area contributed by atoms with Gasteiger partial charge in [-0.15, -0.1) is 0 Å². The third-order valence-corrected chi connectivity index (χ3v) is 3.69. The van der Waals surface area contributed by atoms with E-state index in [1.807, 2.05) is 103 Å². The van der Waals surface area contributed by atoms with Gasteiger partial charge in [-0.1, -0.05) is 30.3 Å². The highest BCUT2D eigenvalue weighted by Crippen LogP contribution is 2.17. The van der Waals surface area contributed by atoms with Crippen LogP contribution in [0.25, 0.3) is 11.4 Å². The van der Waals surface area contributed by atoms with E-state index in [2.05, 4.69) is 0 Å². The third-order valence-electron chi connectivity index (χ3n) is 3.69. The second-order valence-corrected chi connectivity index (χ2v) is 5.35. The number of aromatic nitrogens is 2. The molecule has 0 aliphatic heterocycles. The van der Waals surface area contributed by atoms with Crippen LogP contribution in [0.4, 0.5) is 0 Å². The lowest BCUT2D eigenvalue weighted by Crippen LogP contribution is -3.00. The zero-order valence-electron chi connectivity index (χ0n) is 14.8. The van der Waals surface area contributed by atoms with Crippen LogP contribution in [0.15, 0.2) is 91.5 Å². The number of benzene rings is 1. The van der Waals surface area contributed by atoms with E-state index in [1.165, 1.54) is 0 Å². The lowest BCUT2D eigenvalue weighted by Gasteiger charge is -2.06. The molecule has 0 fully saturated rings. The van der Waals surface area contributed by atoms with Gasteiger partial charge in [-0.25, -0.2) is 4.79 Å². The fourth-order valence-corrected chi connectivity index (χ4v) is 2.62. The molecule has 0 saturated heterocycles. The van der Waals surface area contributed by atoms with Gasteiger partial charge in [0.25, 0.3) is 5.70 Å². The summed E-state index contributed by atoms with van der Waals surface area (Å²) in [6, 6.07) is 21.3. The van der Waals surface area contributed by atoms with Crippen LogP contribution in [0.2, 0.25) is 0 Å². The van der Waals surface area contributed by atoms with Gasteiger partial charge in [0.2, 0.25) is 0 Å². The lowest BCUT2D eigenvalue weighted by atomic mass is 10.1. The van der Waals surface area contributed by atoms with Crippen molar-refractivity contribution in [2.24, 2.45) is 0 Å². The normalized spacial score (nSPS) is 10.7. The topological polar surface area (TPSA) is 34.1 Å². The van der Waals surface area contributed by atoms with Gasteiger partial charge in [0.15, 0.2) is 24.8 Å². The Morgan fingerprint density at radius 2 is 1.26 bits per heavy atom. The average Bonchev–Trinajstić information content (AvgIpc) is 2.68. The number of esters is 1. The summed E-state index contributed by atoms with van der Waals surface area (Å²) in [5.41, 5.74) is 2.15. The van der Waals surface area contributed by atoms with Gasteiger partial charge < -0.3 is 38.7 Å². The van der Waals surface area contributed by atoms with E-state index in [0.717, 1.165) is 11.3 Å². The van der Waals surface area contributed by atoms with Gasteiger partial charge in [0, 0.05) is 24.3 Å². The Hall–Kier alpha value is -2.31. The van der Waals surface area contributed by atoms with Gasteiger partial charge in [0.1, 0.15) is 0 Å². The zero-order valence-corrected chi connectivity index (χ0v) is 18.0. The summed E-state index contributed by atoms with van der Waals surface area (Å²) in [6.07, 6.45) is 7.54. The minimum Gasteiger partial charge on any atom is -1.00 e. The Balaban J connectivity index is 0.00000182. The van der Waals surface area contributed by atoms with Crippen LogP contribution in [-0.4, -0.2) is 12.6 Å². The van der Waals surface area contributed by atoms with E-state index in [9.17, 15) is 4.79 Å². The number of nitrogens with zero attached hydrogens (tertiary/aromatic N) is 2. The molecule has 0 unspecified atom stereocenters. The van der Waals surface area contributed by atoms with Gasteiger partial charge in [0.05, 0.1) is 12.2 Å². The van der Waals surface area contributed by atoms with Crippen molar-refractivity contribution in [3.05, 3.63) is 97.1 Å². The predicted octanol–water partition coefficient (Wildman–Crippen LogP) is -3.29. The first kappa shape index (κ1) is 22.7. The molecule has 0 aliphatic rings. The van der Waals surface area contributed by atoms with Crippen molar-refractivity contribution in [1.82, 2.24) is 0 Å². The highest BCUT2D eigenvalue weighted by atomic mass is 79.9. The zero-order chi connectivity index (χ0) is 17.5. The molecule has 0 atom stereocenters. The maximum absolute atomic E-state index is 12.8. The number of rotatable bonds is 5.